The van der Waals surface area contributed by atoms with E-state index >= 15 is 0 Å². The molecule has 7 nitrogen and oxygen atoms in total. The Hall–Kier alpha value is -1.64. The number of nitrogens with one attached hydrogen (secondary N) is 2. The fourth-order valence-corrected chi connectivity index (χ4v) is 2.02. The van der Waals surface area contributed by atoms with Crippen LogP contribution in [-0.2, 0) is 16.8 Å². The zero-order valence-corrected chi connectivity index (χ0v) is 10.7. The molecule has 0 aliphatic carbocycles. The van der Waals surface area contributed by atoms with Crippen LogP contribution < -0.4 is 10.5 Å². The third kappa shape index (κ3) is 2.61. The summed E-state index contributed by atoms with van der Waals surface area (Å²) < 4.78 is 31.4. The lowest BCUT2D eigenvalue weighted by molar-refractivity contribution is 0.505. The summed E-state index contributed by atoms with van der Waals surface area (Å²) in [5.41, 5.74) is 1.71. The van der Waals surface area contributed by atoms with Gasteiger partial charge >= 0.3 is 5.76 Å². The number of fused-ring (bicyclic) bond motifs is 1. The van der Waals surface area contributed by atoms with Crippen LogP contribution in [-0.4, -0.2) is 31.8 Å². The summed E-state index contributed by atoms with van der Waals surface area (Å²) in [6.45, 7) is 0.143. The molecule has 0 bridgehead atoms. The van der Waals surface area contributed by atoms with Gasteiger partial charge in [0.1, 0.15) is 0 Å². The highest BCUT2D eigenvalue weighted by atomic mass is 32.2. The molecule has 0 amide bonds. The Balaban J connectivity index is 2.20. The summed E-state index contributed by atoms with van der Waals surface area (Å²) >= 11 is 0. The zero-order valence-electron chi connectivity index (χ0n) is 9.93. The molecule has 18 heavy (non-hydrogen) atoms. The molecule has 0 unspecified atom stereocenters. The lowest BCUT2D eigenvalue weighted by Crippen LogP contribution is -2.35. The van der Waals surface area contributed by atoms with Crippen molar-refractivity contribution in [2.45, 2.75) is 6.54 Å². The standard InChI is InChI=1S/C10H13N3O4S/c1-13(2)18(15,16)11-6-7-3-4-9-8(5-7)12-10(14)17-9/h3-5,11H,6H2,1-2H3,(H,12,14). The van der Waals surface area contributed by atoms with Gasteiger partial charge in [-0.1, -0.05) is 6.07 Å². The maximum absolute atomic E-state index is 11.5. The first-order chi connectivity index (χ1) is 8.38. The first kappa shape index (κ1) is 12.8. The molecule has 1 aromatic carbocycles. The number of oxazole rings is 1. The van der Waals surface area contributed by atoms with Crippen LogP contribution in [0.1, 0.15) is 5.56 Å². The second-order valence-corrected chi connectivity index (χ2v) is 5.92. The van der Waals surface area contributed by atoms with Gasteiger partial charge in [0.05, 0.1) is 5.52 Å². The maximum atomic E-state index is 11.5. The van der Waals surface area contributed by atoms with Crippen molar-refractivity contribution in [2.24, 2.45) is 0 Å². The predicted octanol–water partition coefficient (Wildman–Crippen LogP) is 0.0171. The van der Waals surface area contributed by atoms with Gasteiger partial charge in [0.15, 0.2) is 5.58 Å². The van der Waals surface area contributed by atoms with E-state index in [0.29, 0.717) is 11.1 Å². The minimum absolute atomic E-state index is 0.143. The highest BCUT2D eigenvalue weighted by molar-refractivity contribution is 7.87. The fourth-order valence-electron chi connectivity index (χ4n) is 1.41. The van der Waals surface area contributed by atoms with Crippen LogP contribution in [0.5, 0.6) is 0 Å². The van der Waals surface area contributed by atoms with Gasteiger partial charge in [-0.25, -0.2) is 4.79 Å². The molecular formula is C10H13N3O4S. The van der Waals surface area contributed by atoms with Gasteiger partial charge in [-0.2, -0.15) is 17.4 Å². The number of benzene rings is 1. The fraction of sp³-hybridized carbons (Fsp3) is 0.300. The summed E-state index contributed by atoms with van der Waals surface area (Å²) in [6, 6.07) is 4.97. The number of H-pyrrole nitrogens is 1. The quantitative estimate of drug-likeness (QED) is 0.819. The number of aromatic nitrogens is 1. The van der Waals surface area contributed by atoms with E-state index in [4.69, 9.17) is 4.42 Å². The van der Waals surface area contributed by atoms with E-state index in [0.717, 1.165) is 9.87 Å². The number of aromatic amines is 1. The SMILES string of the molecule is CN(C)S(=O)(=O)NCc1ccc2oc(=O)[nH]c2c1. The lowest BCUT2D eigenvalue weighted by atomic mass is 10.2. The van der Waals surface area contributed by atoms with E-state index in [2.05, 4.69) is 9.71 Å². The van der Waals surface area contributed by atoms with Crippen LogP contribution in [0.4, 0.5) is 0 Å². The van der Waals surface area contributed by atoms with Crippen LogP contribution in [0.2, 0.25) is 0 Å². The molecule has 0 aliphatic rings. The second-order valence-electron chi connectivity index (χ2n) is 3.95. The highest BCUT2D eigenvalue weighted by Gasteiger charge is 2.12. The van der Waals surface area contributed by atoms with E-state index in [1.165, 1.54) is 14.1 Å². The summed E-state index contributed by atoms with van der Waals surface area (Å²) in [7, 11) is -0.569. The number of hydrogen-bond donors (Lipinski definition) is 2. The topological polar surface area (TPSA) is 95.4 Å². The Morgan fingerprint density at radius 1 is 1.39 bits per heavy atom. The normalized spacial score (nSPS) is 12.4. The zero-order chi connectivity index (χ0) is 13.3. The third-order valence-corrected chi connectivity index (χ3v) is 3.89. The van der Waals surface area contributed by atoms with Gasteiger partial charge in [-0.15, -0.1) is 0 Å². The minimum Gasteiger partial charge on any atom is -0.408 e. The van der Waals surface area contributed by atoms with Gasteiger partial charge in [0, 0.05) is 20.6 Å². The lowest BCUT2D eigenvalue weighted by Gasteiger charge is -2.12. The Morgan fingerprint density at radius 3 is 2.78 bits per heavy atom. The molecular weight excluding hydrogens is 258 g/mol. The van der Waals surface area contributed by atoms with Crippen molar-refractivity contribution < 1.29 is 12.8 Å². The van der Waals surface area contributed by atoms with Crippen LogP contribution in [0.3, 0.4) is 0 Å². The van der Waals surface area contributed by atoms with Crippen LogP contribution in [0.15, 0.2) is 27.4 Å². The minimum atomic E-state index is -3.46. The number of rotatable bonds is 4. The second kappa shape index (κ2) is 4.56. The van der Waals surface area contributed by atoms with Crippen molar-refractivity contribution in [3.8, 4) is 0 Å². The summed E-state index contributed by atoms with van der Waals surface area (Å²) in [6.07, 6.45) is 0. The van der Waals surface area contributed by atoms with Crippen molar-refractivity contribution in [2.75, 3.05) is 14.1 Å². The van der Waals surface area contributed by atoms with E-state index < -0.39 is 16.0 Å². The molecule has 0 spiro atoms. The molecule has 1 heterocycles. The van der Waals surface area contributed by atoms with Crippen molar-refractivity contribution in [1.29, 1.82) is 0 Å². The summed E-state index contributed by atoms with van der Waals surface area (Å²) in [5, 5.41) is 0. The smallest absolute Gasteiger partial charge is 0.408 e. The van der Waals surface area contributed by atoms with E-state index in [1.807, 2.05) is 0 Å². The van der Waals surface area contributed by atoms with E-state index in [1.54, 1.807) is 18.2 Å². The molecule has 8 heteroatoms. The maximum Gasteiger partial charge on any atom is 0.417 e. The Labute approximate surface area is 104 Å². The number of hydrogen-bond acceptors (Lipinski definition) is 4. The van der Waals surface area contributed by atoms with Gasteiger partial charge < -0.3 is 4.42 Å². The first-order valence-corrected chi connectivity index (χ1v) is 6.61. The average molecular weight is 271 g/mol. The Kier molecular flexibility index (Phi) is 3.24. The molecule has 0 saturated carbocycles. The Bertz CT molecular complexity index is 714. The van der Waals surface area contributed by atoms with Crippen LogP contribution in [0, 0.1) is 0 Å². The van der Waals surface area contributed by atoms with Gasteiger partial charge in [0.2, 0.25) is 0 Å². The van der Waals surface area contributed by atoms with Crippen molar-refractivity contribution in [3.05, 3.63) is 34.3 Å². The summed E-state index contributed by atoms with van der Waals surface area (Å²) in [5.74, 6) is -0.531. The molecule has 0 radical (unpaired) electrons. The van der Waals surface area contributed by atoms with Gasteiger partial charge in [0.25, 0.3) is 10.2 Å². The molecule has 0 aliphatic heterocycles. The van der Waals surface area contributed by atoms with Crippen molar-refractivity contribution in [3.63, 3.8) is 0 Å². The van der Waals surface area contributed by atoms with Gasteiger partial charge in [-0.05, 0) is 17.7 Å². The third-order valence-electron chi connectivity index (χ3n) is 2.42. The molecule has 2 rings (SSSR count). The van der Waals surface area contributed by atoms with E-state index in [9.17, 15) is 13.2 Å². The van der Waals surface area contributed by atoms with Crippen LogP contribution >= 0.6 is 0 Å². The molecule has 1 aromatic heterocycles. The average Bonchev–Trinajstić information content (AvgIpc) is 2.65. The van der Waals surface area contributed by atoms with E-state index in [-0.39, 0.29) is 6.54 Å². The molecule has 2 N–H and O–H groups in total. The summed E-state index contributed by atoms with van der Waals surface area (Å²) in [4.78, 5) is 13.5. The van der Waals surface area contributed by atoms with Gasteiger partial charge in [-0.3, -0.25) is 4.98 Å². The van der Waals surface area contributed by atoms with Crippen molar-refractivity contribution >= 4 is 21.3 Å². The largest absolute Gasteiger partial charge is 0.417 e. The molecule has 0 atom stereocenters. The van der Waals surface area contributed by atoms with Crippen LogP contribution in [0.25, 0.3) is 11.1 Å². The molecule has 98 valence electrons. The molecule has 0 saturated heterocycles. The van der Waals surface area contributed by atoms with Crippen molar-refractivity contribution in [1.82, 2.24) is 14.0 Å². The monoisotopic (exact) mass is 271 g/mol. The molecule has 0 fully saturated rings. The Morgan fingerprint density at radius 2 is 2.11 bits per heavy atom. The predicted molar refractivity (Wildman–Crippen MR) is 66.3 cm³/mol. The molecule has 2 aromatic rings. The first-order valence-electron chi connectivity index (χ1n) is 5.17. The highest BCUT2D eigenvalue weighted by Crippen LogP contribution is 2.12. The number of nitrogens with zero attached hydrogens (tertiary/aromatic N) is 1.